The van der Waals surface area contributed by atoms with Crippen molar-refractivity contribution in [1.82, 2.24) is 15.6 Å². The van der Waals surface area contributed by atoms with Gasteiger partial charge in [0.05, 0.1) is 0 Å². The van der Waals surface area contributed by atoms with Crippen LogP contribution in [-0.2, 0) is 4.79 Å². The topological polar surface area (TPSA) is 132 Å². The Bertz CT molecular complexity index is 655. The quantitative estimate of drug-likeness (QED) is 0.707. The number of ether oxygens (including phenoxy) is 1. The molecular weight excluding hydrogens is 278 g/mol. The molecule has 110 valence electrons. The van der Waals surface area contributed by atoms with Crippen molar-refractivity contribution in [2.24, 2.45) is 0 Å². The van der Waals surface area contributed by atoms with Gasteiger partial charge in [-0.3, -0.25) is 9.59 Å². The van der Waals surface area contributed by atoms with Gasteiger partial charge in [-0.15, -0.1) is 0 Å². The van der Waals surface area contributed by atoms with Gasteiger partial charge in [-0.25, -0.2) is 4.63 Å². The van der Waals surface area contributed by atoms with E-state index in [4.69, 9.17) is 10.5 Å². The Morgan fingerprint density at radius 2 is 2.19 bits per heavy atom. The van der Waals surface area contributed by atoms with Gasteiger partial charge in [0.25, 0.3) is 11.8 Å². The molecule has 2 aromatic rings. The highest BCUT2D eigenvalue weighted by atomic mass is 16.6. The predicted molar refractivity (Wildman–Crippen MR) is 72.7 cm³/mol. The van der Waals surface area contributed by atoms with Crippen LogP contribution in [0.15, 0.2) is 28.9 Å². The van der Waals surface area contributed by atoms with Crippen LogP contribution in [0, 0.1) is 0 Å². The van der Waals surface area contributed by atoms with E-state index in [0.717, 1.165) is 0 Å². The Hall–Kier alpha value is -3.10. The van der Waals surface area contributed by atoms with Gasteiger partial charge in [-0.05, 0) is 22.4 Å². The fraction of sp³-hybridized carbons (Fsp3) is 0.167. The number of likely N-dealkylation sites (N-methyl/N-ethyl adjacent to an activating group) is 1. The van der Waals surface area contributed by atoms with Crippen molar-refractivity contribution in [2.45, 2.75) is 0 Å². The molecule has 0 fully saturated rings. The van der Waals surface area contributed by atoms with E-state index in [0.29, 0.717) is 11.4 Å². The first-order valence-corrected chi connectivity index (χ1v) is 5.93. The highest BCUT2D eigenvalue weighted by Gasteiger charge is 2.16. The van der Waals surface area contributed by atoms with Crippen molar-refractivity contribution in [1.29, 1.82) is 0 Å². The highest BCUT2D eigenvalue weighted by Crippen LogP contribution is 2.18. The van der Waals surface area contributed by atoms with Crippen molar-refractivity contribution in [3.05, 3.63) is 30.0 Å². The number of amides is 2. The van der Waals surface area contributed by atoms with Crippen LogP contribution in [0.25, 0.3) is 0 Å². The van der Waals surface area contributed by atoms with Crippen molar-refractivity contribution in [3.8, 4) is 5.75 Å². The van der Waals surface area contributed by atoms with Gasteiger partial charge in [0, 0.05) is 18.8 Å². The van der Waals surface area contributed by atoms with Crippen LogP contribution in [0.4, 0.5) is 11.5 Å². The monoisotopic (exact) mass is 291 g/mol. The minimum absolute atomic E-state index is 0.0977. The van der Waals surface area contributed by atoms with E-state index in [1.807, 2.05) is 0 Å². The SMILES string of the molecule is CNC(=O)COc1cccc(NC(=O)c2nonc2N)c1. The molecule has 0 bridgehead atoms. The van der Waals surface area contributed by atoms with E-state index in [2.05, 4.69) is 25.6 Å². The van der Waals surface area contributed by atoms with Crippen molar-refractivity contribution >= 4 is 23.3 Å². The molecule has 0 spiro atoms. The molecular formula is C12H13N5O4. The zero-order valence-electron chi connectivity index (χ0n) is 11.1. The zero-order valence-corrected chi connectivity index (χ0v) is 11.1. The van der Waals surface area contributed by atoms with Crippen molar-refractivity contribution in [3.63, 3.8) is 0 Å². The van der Waals surface area contributed by atoms with Crippen molar-refractivity contribution in [2.75, 3.05) is 24.7 Å². The second-order valence-corrected chi connectivity index (χ2v) is 3.94. The predicted octanol–water partition coefficient (Wildman–Crippen LogP) is 0.0289. The largest absolute Gasteiger partial charge is 0.484 e. The molecule has 0 aliphatic heterocycles. The van der Waals surface area contributed by atoms with Gasteiger partial charge in [-0.2, -0.15) is 0 Å². The minimum Gasteiger partial charge on any atom is -0.484 e. The van der Waals surface area contributed by atoms with Crippen LogP contribution < -0.4 is 21.1 Å². The van der Waals surface area contributed by atoms with Gasteiger partial charge < -0.3 is 21.1 Å². The van der Waals surface area contributed by atoms with E-state index in [1.165, 1.54) is 7.05 Å². The van der Waals surface area contributed by atoms with E-state index in [1.54, 1.807) is 24.3 Å². The van der Waals surface area contributed by atoms with Gasteiger partial charge in [0.15, 0.2) is 6.61 Å². The second-order valence-electron chi connectivity index (χ2n) is 3.94. The van der Waals surface area contributed by atoms with Crippen LogP contribution in [0.2, 0.25) is 0 Å². The summed E-state index contributed by atoms with van der Waals surface area (Å²) in [6.07, 6.45) is 0. The number of nitrogen functional groups attached to an aromatic ring is 1. The van der Waals surface area contributed by atoms with Gasteiger partial charge in [-0.1, -0.05) is 6.07 Å². The summed E-state index contributed by atoms with van der Waals surface area (Å²) < 4.78 is 9.61. The highest BCUT2D eigenvalue weighted by molar-refractivity contribution is 6.05. The molecule has 0 atom stereocenters. The Balaban J connectivity index is 2.02. The molecule has 0 saturated heterocycles. The molecule has 4 N–H and O–H groups in total. The minimum atomic E-state index is -0.558. The van der Waals surface area contributed by atoms with Crippen LogP contribution in [0.5, 0.6) is 5.75 Å². The molecule has 9 nitrogen and oxygen atoms in total. The maximum atomic E-state index is 11.9. The average Bonchev–Trinajstić information content (AvgIpc) is 2.91. The number of rotatable bonds is 5. The van der Waals surface area contributed by atoms with E-state index in [9.17, 15) is 9.59 Å². The molecule has 1 heterocycles. The molecule has 1 aromatic carbocycles. The molecule has 2 amide bonds. The first kappa shape index (κ1) is 14.3. The normalized spacial score (nSPS) is 9.95. The Morgan fingerprint density at radius 3 is 2.86 bits per heavy atom. The smallest absolute Gasteiger partial charge is 0.281 e. The van der Waals surface area contributed by atoms with Crippen LogP contribution in [0.3, 0.4) is 0 Å². The number of nitrogens with one attached hydrogen (secondary N) is 2. The lowest BCUT2D eigenvalue weighted by Gasteiger charge is -2.08. The van der Waals surface area contributed by atoms with E-state index >= 15 is 0 Å². The third-order valence-corrected chi connectivity index (χ3v) is 2.47. The summed E-state index contributed by atoms with van der Waals surface area (Å²) >= 11 is 0. The summed E-state index contributed by atoms with van der Waals surface area (Å²) in [7, 11) is 1.51. The van der Waals surface area contributed by atoms with Gasteiger partial charge >= 0.3 is 0 Å². The number of nitrogens with zero attached hydrogens (tertiary/aromatic N) is 2. The number of hydrogen-bond acceptors (Lipinski definition) is 7. The van der Waals surface area contributed by atoms with E-state index in [-0.39, 0.29) is 24.0 Å². The summed E-state index contributed by atoms with van der Waals surface area (Å²) in [6.45, 7) is -0.117. The zero-order chi connectivity index (χ0) is 15.2. The number of benzene rings is 1. The standard InChI is InChI=1S/C12H13N5O4/c1-14-9(18)6-20-8-4-2-3-7(5-8)15-12(19)10-11(13)17-21-16-10/h2-5H,6H2,1H3,(H2,13,17)(H,14,18)(H,15,19). The van der Waals surface area contributed by atoms with Crippen LogP contribution >= 0.6 is 0 Å². The van der Waals surface area contributed by atoms with Gasteiger partial charge in [0.1, 0.15) is 5.75 Å². The second kappa shape index (κ2) is 6.37. The molecule has 0 saturated carbocycles. The van der Waals surface area contributed by atoms with E-state index < -0.39 is 5.91 Å². The van der Waals surface area contributed by atoms with Crippen molar-refractivity contribution < 1.29 is 19.0 Å². The number of aromatic nitrogens is 2. The molecule has 21 heavy (non-hydrogen) atoms. The van der Waals surface area contributed by atoms with Gasteiger partial charge in [0.2, 0.25) is 11.5 Å². The summed E-state index contributed by atoms with van der Waals surface area (Å²) in [5, 5.41) is 11.7. The summed E-state index contributed by atoms with van der Waals surface area (Å²) in [5.74, 6) is -0.481. The lowest BCUT2D eigenvalue weighted by molar-refractivity contribution is -0.122. The lowest BCUT2D eigenvalue weighted by atomic mass is 10.3. The molecule has 9 heteroatoms. The fourth-order valence-corrected chi connectivity index (χ4v) is 1.43. The van der Waals surface area contributed by atoms with Crippen LogP contribution in [0.1, 0.15) is 10.5 Å². The number of hydrogen-bond donors (Lipinski definition) is 3. The summed E-state index contributed by atoms with van der Waals surface area (Å²) in [6, 6.07) is 6.53. The third-order valence-electron chi connectivity index (χ3n) is 2.47. The molecule has 2 rings (SSSR count). The average molecular weight is 291 g/mol. The Morgan fingerprint density at radius 1 is 1.38 bits per heavy atom. The molecule has 0 aliphatic carbocycles. The fourth-order valence-electron chi connectivity index (χ4n) is 1.43. The summed E-state index contributed by atoms with van der Waals surface area (Å²) in [5.41, 5.74) is 5.77. The summed E-state index contributed by atoms with van der Waals surface area (Å²) in [4.78, 5) is 23.0. The first-order valence-electron chi connectivity index (χ1n) is 5.93. The molecule has 0 unspecified atom stereocenters. The lowest BCUT2D eigenvalue weighted by Crippen LogP contribution is -2.24. The number of anilines is 2. The van der Waals surface area contributed by atoms with Crippen LogP contribution in [-0.4, -0.2) is 35.8 Å². The Labute approximate surface area is 119 Å². The number of carbonyl (C=O) groups excluding carboxylic acids is 2. The maximum Gasteiger partial charge on any atom is 0.281 e. The number of carbonyl (C=O) groups is 2. The molecule has 0 radical (unpaired) electrons. The molecule has 1 aromatic heterocycles. The number of nitrogens with two attached hydrogens (primary N) is 1. The maximum absolute atomic E-state index is 11.9. The molecule has 0 aliphatic rings. The Kier molecular flexibility index (Phi) is 4.34. The third kappa shape index (κ3) is 3.69. The first-order chi connectivity index (χ1) is 10.1.